The number of halogens is 1. The van der Waals surface area contributed by atoms with Crippen LogP contribution in [0, 0.1) is 5.41 Å². The van der Waals surface area contributed by atoms with Crippen molar-refractivity contribution in [2.24, 2.45) is 10.4 Å². The molecule has 2 heterocycles. The molecule has 2 amide bonds. The van der Waals surface area contributed by atoms with Crippen molar-refractivity contribution in [3.63, 3.8) is 0 Å². The number of aliphatic imine (C=N–C) groups is 1. The summed E-state index contributed by atoms with van der Waals surface area (Å²) in [6.07, 6.45) is 2.27. The van der Waals surface area contributed by atoms with Gasteiger partial charge in [0.05, 0.1) is 12.0 Å². The number of hydrogen-bond donors (Lipinski definition) is 2. The molecule has 162 valence electrons. The van der Waals surface area contributed by atoms with Crippen LogP contribution in [0.25, 0.3) is 0 Å². The van der Waals surface area contributed by atoms with Crippen LogP contribution in [0.4, 0.5) is 0 Å². The standard InChI is InChI=1S/C19H36N6O2.HI/c1-5-21-17(27)19(2,3)15-22-18(20-4)25-12-10-23(11-13-25)14-16(26)24-8-6-7-9-24;/h5-15H2,1-4H3,(H,20,22)(H,21,27);1H. The first-order valence-electron chi connectivity index (χ1n) is 10.1. The number of rotatable bonds is 6. The molecule has 28 heavy (non-hydrogen) atoms. The summed E-state index contributed by atoms with van der Waals surface area (Å²) < 4.78 is 0. The first-order valence-corrected chi connectivity index (χ1v) is 10.1. The summed E-state index contributed by atoms with van der Waals surface area (Å²) in [6.45, 7) is 12.6. The summed E-state index contributed by atoms with van der Waals surface area (Å²) >= 11 is 0. The molecule has 0 saturated carbocycles. The molecule has 9 heteroatoms. The Hall–Kier alpha value is -1.10. The molecule has 0 spiro atoms. The van der Waals surface area contributed by atoms with Gasteiger partial charge in [0.1, 0.15) is 0 Å². The van der Waals surface area contributed by atoms with Crippen LogP contribution in [0.1, 0.15) is 33.6 Å². The zero-order valence-corrected chi connectivity index (χ0v) is 20.1. The molecular formula is C19H37IN6O2. The third kappa shape index (κ3) is 7.06. The normalized spacial score (nSPS) is 18.6. The summed E-state index contributed by atoms with van der Waals surface area (Å²) in [5, 5.41) is 6.22. The minimum absolute atomic E-state index is 0. The summed E-state index contributed by atoms with van der Waals surface area (Å²) in [5.74, 6) is 1.11. The van der Waals surface area contributed by atoms with E-state index in [9.17, 15) is 9.59 Å². The molecule has 2 N–H and O–H groups in total. The fourth-order valence-corrected chi connectivity index (χ4v) is 3.49. The number of nitrogens with zero attached hydrogens (tertiary/aromatic N) is 4. The minimum Gasteiger partial charge on any atom is -0.356 e. The maximum Gasteiger partial charge on any atom is 0.236 e. The van der Waals surface area contributed by atoms with Crippen LogP contribution in [0.3, 0.4) is 0 Å². The van der Waals surface area contributed by atoms with Gasteiger partial charge in [0.25, 0.3) is 0 Å². The van der Waals surface area contributed by atoms with E-state index < -0.39 is 5.41 Å². The lowest BCUT2D eigenvalue weighted by Crippen LogP contribution is -2.55. The maximum atomic E-state index is 12.3. The van der Waals surface area contributed by atoms with Gasteiger partial charge in [-0.05, 0) is 33.6 Å². The van der Waals surface area contributed by atoms with Crippen molar-refractivity contribution in [2.45, 2.75) is 33.6 Å². The molecule has 0 aromatic rings. The van der Waals surface area contributed by atoms with Gasteiger partial charge >= 0.3 is 0 Å². The number of nitrogens with one attached hydrogen (secondary N) is 2. The van der Waals surface area contributed by atoms with Gasteiger partial charge in [-0.3, -0.25) is 19.5 Å². The molecule has 2 fully saturated rings. The van der Waals surface area contributed by atoms with E-state index in [0.717, 1.165) is 58.1 Å². The van der Waals surface area contributed by atoms with Gasteiger partial charge in [0.15, 0.2) is 5.96 Å². The molecule has 0 aliphatic carbocycles. The Bertz CT molecular complexity index is 541. The van der Waals surface area contributed by atoms with Gasteiger partial charge < -0.3 is 20.4 Å². The smallest absolute Gasteiger partial charge is 0.236 e. The largest absolute Gasteiger partial charge is 0.356 e. The molecule has 0 atom stereocenters. The average Bonchev–Trinajstić information content (AvgIpc) is 3.18. The highest BCUT2D eigenvalue weighted by Crippen LogP contribution is 2.14. The Morgan fingerprint density at radius 3 is 2.11 bits per heavy atom. The number of carbonyl (C=O) groups is 2. The second-order valence-electron chi connectivity index (χ2n) is 8.00. The first kappa shape index (κ1) is 24.9. The van der Waals surface area contributed by atoms with Crippen LogP contribution < -0.4 is 10.6 Å². The summed E-state index contributed by atoms with van der Waals surface area (Å²) in [7, 11) is 1.77. The SMILES string of the molecule is CCNC(=O)C(C)(C)CNC(=NC)N1CCN(CC(=O)N2CCCC2)CC1.I. The molecule has 0 aromatic carbocycles. The highest BCUT2D eigenvalue weighted by Gasteiger charge is 2.29. The van der Waals surface area contributed by atoms with Crippen LogP contribution in [-0.4, -0.2) is 98.4 Å². The lowest BCUT2D eigenvalue weighted by Gasteiger charge is -2.37. The van der Waals surface area contributed by atoms with Crippen LogP contribution in [0.5, 0.6) is 0 Å². The van der Waals surface area contributed by atoms with Crippen molar-refractivity contribution >= 4 is 41.8 Å². The number of carbonyl (C=O) groups excluding carboxylic acids is 2. The molecule has 0 radical (unpaired) electrons. The van der Waals surface area contributed by atoms with Crippen molar-refractivity contribution in [1.29, 1.82) is 0 Å². The van der Waals surface area contributed by atoms with Crippen molar-refractivity contribution < 1.29 is 9.59 Å². The van der Waals surface area contributed by atoms with E-state index in [4.69, 9.17) is 0 Å². The maximum absolute atomic E-state index is 12.3. The molecule has 2 saturated heterocycles. The van der Waals surface area contributed by atoms with Gasteiger partial charge in [-0.15, -0.1) is 24.0 Å². The third-order valence-electron chi connectivity index (χ3n) is 5.34. The lowest BCUT2D eigenvalue weighted by atomic mass is 9.92. The Balaban J connectivity index is 0.00000392. The molecule has 0 bridgehead atoms. The molecule has 2 aliphatic rings. The summed E-state index contributed by atoms with van der Waals surface area (Å²) in [6, 6.07) is 0. The van der Waals surface area contributed by atoms with Crippen molar-refractivity contribution in [3.05, 3.63) is 0 Å². The van der Waals surface area contributed by atoms with Gasteiger partial charge in [-0.1, -0.05) is 0 Å². The molecular weight excluding hydrogens is 471 g/mol. The van der Waals surface area contributed by atoms with E-state index in [0.29, 0.717) is 19.6 Å². The van der Waals surface area contributed by atoms with Crippen molar-refractivity contribution in [2.75, 3.05) is 66.0 Å². The van der Waals surface area contributed by atoms with E-state index in [1.807, 2.05) is 25.7 Å². The van der Waals surface area contributed by atoms with E-state index in [-0.39, 0.29) is 35.8 Å². The number of likely N-dealkylation sites (tertiary alicyclic amines) is 1. The van der Waals surface area contributed by atoms with Crippen molar-refractivity contribution in [1.82, 2.24) is 25.3 Å². The van der Waals surface area contributed by atoms with Crippen molar-refractivity contribution in [3.8, 4) is 0 Å². The van der Waals surface area contributed by atoms with E-state index in [1.54, 1.807) is 7.05 Å². The van der Waals surface area contributed by atoms with Crippen LogP contribution in [0.15, 0.2) is 4.99 Å². The predicted octanol–water partition coefficient (Wildman–Crippen LogP) is 0.582. The summed E-state index contributed by atoms with van der Waals surface area (Å²) in [5.41, 5.74) is -0.504. The second-order valence-corrected chi connectivity index (χ2v) is 8.00. The van der Waals surface area contributed by atoms with Gasteiger partial charge in [-0.2, -0.15) is 0 Å². The van der Waals surface area contributed by atoms with Gasteiger partial charge in [0, 0.05) is 59.4 Å². The van der Waals surface area contributed by atoms with Gasteiger partial charge in [0.2, 0.25) is 11.8 Å². The minimum atomic E-state index is -0.504. The monoisotopic (exact) mass is 508 g/mol. The highest BCUT2D eigenvalue weighted by molar-refractivity contribution is 14.0. The molecule has 8 nitrogen and oxygen atoms in total. The number of piperazine rings is 1. The zero-order valence-electron chi connectivity index (χ0n) is 17.8. The van der Waals surface area contributed by atoms with Crippen LogP contribution in [-0.2, 0) is 9.59 Å². The molecule has 0 aromatic heterocycles. The number of guanidine groups is 1. The summed E-state index contributed by atoms with van der Waals surface area (Å²) in [4.78, 5) is 35.2. The quantitative estimate of drug-likeness (QED) is 0.312. The Kier molecular flexibility index (Phi) is 10.5. The van der Waals surface area contributed by atoms with E-state index in [2.05, 4.69) is 25.4 Å². The fraction of sp³-hybridized carbons (Fsp3) is 0.842. The Morgan fingerprint density at radius 2 is 1.57 bits per heavy atom. The Labute approximate surface area is 186 Å². The van der Waals surface area contributed by atoms with Gasteiger partial charge in [-0.25, -0.2) is 0 Å². The first-order chi connectivity index (χ1) is 12.9. The van der Waals surface area contributed by atoms with Crippen LogP contribution in [0.2, 0.25) is 0 Å². The Morgan fingerprint density at radius 1 is 0.964 bits per heavy atom. The number of hydrogen-bond acceptors (Lipinski definition) is 4. The zero-order chi connectivity index (χ0) is 19.9. The van der Waals surface area contributed by atoms with E-state index >= 15 is 0 Å². The van der Waals surface area contributed by atoms with E-state index in [1.165, 1.54) is 0 Å². The highest BCUT2D eigenvalue weighted by atomic mass is 127. The second kappa shape index (κ2) is 11.8. The lowest BCUT2D eigenvalue weighted by molar-refractivity contribution is -0.131. The topological polar surface area (TPSA) is 80.3 Å². The molecule has 0 unspecified atom stereocenters. The average molecular weight is 508 g/mol. The van der Waals surface area contributed by atoms with Crippen LogP contribution >= 0.6 is 24.0 Å². The third-order valence-corrected chi connectivity index (χ3v) is 5.34. The predicted molar refractivity (Wildman–Crippen MR) is 123 cm³/mol. The molecule has 2 aliphatic heterocycles. The fourth-order valence-electron chi connectivity index (χ4n) is 3.49. The molecule has 2 rings (SSSR count). The number of amides is 2.